The topological polar surface area (TPSA) is 160 Å². The molecule has 0 aromatic carbocycles. The third-order valence-corrected chi connectivity index (χ3v) is 3.83. The van der Waals surface area contributed by atoms with E-state index in [4.69, 9.17) is 21.3 Å². The molecule has 0 aromatic rings. The van der Waals surface area contributed by atoms with Crippen LogP contribution in [0.5, 0.6) is 0 Å². The summed E-state index contributed by atoms with van der Waals surface area (Å²) >= 11 is 0. The molecule has 1 amide bonds. The minimum Gasteiger partial charge on any atom is -0.390 e. The van der Waals surface area contributed by atoms with Crippen molar-refractivity contribution < 1.29 is 38.4 Å². The third kappa shape index (κ3) is 10.6. The number of alkyl halides is 2. The number of nitrogens with two attached hydrogens (primary N) is 2. The van der Waals surface area contributed by atoms with Crippen LogP contribution in [0.15, 0.2) is 0 Å². The van der Waals surface area contributed by atoms with E-state index in [1.54, 1.807) is 6.92 Å². The highest BCUT2D eigenvalue weighted by Crippen LogP contribution is 2.22. The van der Waals surface area contributed by atoms with Crippen LogP contribution >= 0.6 is 0 Å². The van der Waals surface area contributed by atoms with Crippen LogP contribution in [0.1, 0.15) is 40.5 Å². The molecule has 1 aliphatic carbocycles. The highest BCUT2D eigenvalue weighted by Gasteiger charge is 2.43. The van der Waals surface area contributed by atoms with E-state index in [1.807, 2.05) is 20.8 Å². The molecule has 170 valence electrons. The Balaban J connectivity index is 0. The molecule has 1 rings (SSSR count). The molecule has 6 atom stereocenters. The predicted molar refractivity (Wildman–Crippen MR) is 101 cm³/mol. The van der Waals surface area contributed by atoms with E-state index in [9.17, 15) is 23.8 Å². The molecule has 0 radical (unpaired) electrons. The van der Waals surface area contributed by atoms with E-state index in [2.05, 4.69) is 10.1 Å². The Morgan fingerprint density at radius 3 is 2.18 bits per heavy atom. The number of methoxy groups -OCH3 is 1. The zero-order valence-electron chi connectivity index (χ0n) is 17.3. The molecule has 11 heteroatoms. The SMILES string of the molecule is CC.CCOC(C)O.CO[C@@H]1C(N)CC(NC(=O)C(O)C(F)(F)CN)CC1O. The van der Waals surface area contributed by atoms with Crippen LogP contribution in [0.3, 0.4) is 0 Å². The molecule has 0 aliphatic heterocycles. The molecule has 9 nitrogen and oxygen atoms in total. The minimum atomic E-state index is -3.70. The monoisotopic (exact) mass is 417 g/mol. The van der Waals surface area contributed by atoms with E-state index in [0.717, 1.165) is 0 Å². The lowest BCUT2D eigenvalue weighted by molar-refractivity contribution is -0.153. The van der Waals surface area contributed by atoms with E-state index in [1.165, 1.54) is 7.11 Å². The number of hydrogen-bond acceptors (Lipinski definition) is 8. The molecule has 1 aliphatic rings. The lowest BCUT2D eigenvalue weighted by atomic mass is 9.86. The summed E-state index contributed by atoms with van der Waals surface area (Å²) in [5.41, 5.74) is 10.6. The first kappa shape index (κ1) is 29.3. The number of carbonyl (C=O) groups is 1. The first-order valence-corrected chi connectivity index (χ1v) is 9.32. The van der Waals surface area contributed by atoms with Gasteiger partial charge >= 0.3 is 0 Å². The fourth-order valence-electron chi connectivity index (χ4n) is 2.54. The van der Waals surface area contributed by atoms with Gasteiger partial charge in [-0.15, -0.1) is 0 Å². The molecule has 0 bridgehead atoms. The largest absolute Gasteiger partial charge is 0.390 e. The Kier molecular flexibility index (Phi) is 15.6. The van der Waals surface area contributed by atoms with Crippen molar-refractivity contribution in [3.63, 3.8) is 0 Å². The molecule has 0 aromatic heterocycles. The average Bonchev–Trinajstić information content (AvgIpc) is 2.62. The lowest BCUT2D eigenvalue weighted by Crippen LogP contribution is -2.58. The summed E-state index contributed by atoms with van der Waals surface area (Å²) < 4.78 is 35.8. The van der Waals surface area contributed by atoms with Gasteiger partial charge in [-0.05, 0) is 26.7 Å². The van der Waals surface area contributed by atoms with Crippen LogP contribution in [0.25, 0.3) is 0 Å². The normalized spacial score (nSPS) is 26.7. The van der Waals surface area contributed by atoms with Crippen molar-refractivity contribution in [2.24, 2.45) is 11.5 Å². The van der Waals surface area contributed by atoms with Gasteiger partial charge in [-0.3, -0.25) is 4.79 Å². The first-order valence-electron chi connectivity index (χ1n) is 9.32. The van der Waals surface area contributed by atoms with Gasteiger partial charge in [-0.25, -0.2) is 8.78 Å². The number of ether oxygens (including phenoxy) is 2. The number of rotatable bonds is 7. The third-order valence-electron chi connectivity index (χ3n) is 3.83. The summed E-state index contributed by atoms with van der Waals surface area (Å²) in [6, 6.07) is -1.15. The van der Waals surface area contributed by atoms with Crippen molar-refractivity contribution in [3.05, 3.63) is 0 Å². The zero-order valence-corrected chi connectivity index (χ0v) is 17.3. The van der Waals surface area contributed by atoms with Crippen molar-refractivity contribution in [2.45, 2.75) is 83.1 Å². The van der Waals surface area contributed by atoms with Gasteiger partial charge < -0.3 is 41.6 Å². The fourth-order valence-corrected chi connectivity index (χ4v) is 2.54. The zero-order chi connectivity index (χ0) is 22.5. The molecule has 28 heavy (non-hydrogen) atoms. The second-order valence-corrected chi connectivity index (χ2v) is 6.03. The van der Waals surface area contributed by atoms with Crippen molar-refractivity contribution in [1.29, 1.82) is 0 Å². The number of halogens is 2. The van der Waals surface area contributed by atoms with E-state index >= 15 is 0 Å². The lowest BCUT2D eigenvalue weighted by Gasteiger charge is -2.37. The predicted octanol–water partition coefficient (Wildman–Crippen LogP) is -0.689. The van der Waals surface area contributed by atoms with Crippen molar-refractivity contribution in [2.75, 3.05) is 20.3 Å². The minimum absolute atomic E-state index is 0.110. The Morgan fingerprint density at radius 2 is 1.86 bits per heavy atom. The maximum absolute atomic E-state index is 13.1. The van der Waals surface area contributed by atoms with Gasteiger partial charge in [0.05, 0.1) is 18.8 Å². The molecule has 0 heterocycles. The van der Waals surface area contributed by atoms with Crippen LogP contribution in [-0.2, 0) is 14.3 Å². The molecule has 8 N–H and O–H groups in total. The summed E-state index contributed by atoms with van der Waals surface area (Å²) in [5, 5.41) is 29.6. The number of aliphatic hydroxyl groups is 3. The first-order chi connectivity index (χ1) is 13.0. The maximum atomic E-state index is 13.1. The second-order valence-electron chi connectivity index (χ2n) is 6.03. The van der Waals surface area contributed by atoms with Gasteiger partial charge in [0.25, 0.3) is 11.8 Å². The molecule has 0 spiro atoms. The van der Waals surface area contributed by atoms with Crippen LogP contribution in [0, 0.1) is 0 Å². The number of carbonyl (C=O) groups excluding carboxylic acids is 1. The van der Waals surface area contributed by atoms with Crippen LogP contribution in [0.4, 0.5) is 8.78 Å². The molecular formula is C17H37F2N3O6. The quantitative estimate of drug-likeness (QED) is 0.297. The summed E-state index contributed by atoms with van der Waals surface area (Å²) in [7, 11) is 1.40. The Hall–Kier alpha value is -0.950. The molecular weight excluding hydrogens is 380 g/mol. The van der Waals surface area contributed by atoms with Gasteiger partial charge in [-0.2, -0.15) is 0 Å². The van der Waals surface area contributed by atoms with Gasteiger partial charge in [-0.1, -0.05) is 13.8 Å². The summed E-state index contributed by atoms with van der Waals surface area (Å²) in [6.07, 6.45) is -4.25. The van der Waals surface area contributed by atoms with E-state index in [-0.39, 0.29) is 12.8 Å². The summed E-state index contributed by atoms with van der Waals surface area (Å²) in [6.45, 7) is 6.87. The number of aliphatic hydroxyl groups excluding tert-OH is 3. The highest BCUT2D eigenvalue weighted by molar-refractivity contribution is 5.81. The molecule has 1 saturated carbocycles. The maximum Gasteiger partial charge on any atom is 0.294 e. The van der Waals surface area contributed by atoms with E-state index < -0.39 is 55.1 Å². The molecule has 5 unspecified atom stereocenters. The van der Waals surface area contributed by atoms with Crippen LogP contribution in [-0.4, -0.2) is 84.1 Å². The average molecular weight is 417 g/mol. The summed E-state index contributed by atoms with van der Waals surface area (Å²) in [4.78, 5) is 11.5. The highest BCUT2D eigenvalue weighted by atomic mass is 19.3. The molecule has 1 fully saturated rings. The van der Waals surface area contributed by atoms with Crippen molar-refractivity contribution in [3.8, 4) is 0 Å². The Bertz CT molecular complexity index is 406. The Labute approximate surface area is 165 Å². The van der Waals surface area contributed by atoms with Gasteiger partial charge in [0, 0.05) is 25.8 Å². The fraction of sp³-hybridized carbons (Fsp3) is 0.941. The van der Waals surface area contributed by atoms with Crippen LogP contribution < -0.4 is 16.8 Å². The van der Waals surface area contributed by atoms with Gasteiger partial charge in [0.1, 0.15) is 0 Å². The number of hydrogen-bond donors (Lipinski definition) is 6. The van der Waals surface area contributed by atoms with Crippen molar-refractivity contribution in [1.82, 2.24) is 5.32 Å². The van der Waals surface area contributed by atoms with Gasteiger partial charge in [0.15, 0.2) is 12.4 Å². The number of nitrogens with one attached hydrogen (secondary N) is 1. The second kappa shape index (κ2) is 15.0. The van der Waals surface area contributed by atoms with Gasteiger partial charge in [0.2, 0.25) is 0 Å². The smallest absolute Gasteiger partial charge is 0.294 e. The number of amides is 1. The summed E-state index contributed by atoms with van der Waals surface area (Å²) in [5.74, 6) is -4.94. The molecule has 0 saturated heterocycles. The standard InChI is InChI=1S/C11H21F2N3O4.C4H10O2.C2H6/c1-20-8-6(15)2-5(3-7(8)17)16-10(19)9(18)11(12,13)4-14;1-3-6-4(2)5;1-2/h5-9,17-18H,2-4,14-15H2,1H3,(H,16,19);4-5H,3H2,1-2H3;1-2H3/t5?,6?,7?,8-,9?;;/m1../s1. The van der Waals surface area contributed by atoms with Crippen LogP contribution in [0.2, 0.25) is 0 Å². The van der Waals surface area contributed by atoms with Crippen molar-refractivity contribution >= 4 is 5.91 Å². The van der Waals surface area contributed by atoms with E-state index in [0.29, 0.717) is 6.61 Å². The Morgan fingerprint density at radius 1 is 1.32 bits per heavy atom.